The third-order valence-electron chi connectivity index (χ3n) is 3.47. The lowest BCUT2D eigenvalue weighted by molar-refractivity contribution is -0.143. The molecule has 0 saturated heterocycles. The molecular weight excluding hydrogens is 274 g/mol. The number of hydrogen-bond acceptors (Lipinski definition) is 5. The minimum atomic E-state index is -1.32. The van der Waals surface area contributed by atoms with E-state index in [2.05, 4.69) is 0 Å². The molecule has 6 heteroatoms. The molecule has 118 valence electrons. The Morgan fingerprint density at radius 1 is 1.29 bits per heavy atom. The molecule has 0 bridgehead atoms. The van der Waals surface area contributed by atoms with Crippen LogP contribution in [0.1, 0.15) is 31.7 Å². The summed E-state index contributed by atoms with van der Waals surface area (Å²) < 4.78 is 15.9. The van der Waals surface area contributed by atoms with Gasteiger partial charge in [0.05, 0.1) is 21.3 Å². The first-order valence-electron chi connectivity index (χ1n) is 6.59. The predicted molar refractivity (Wildman–Crippen MR) is 79.4 cm³/mol. The Morgan fingerprint density at radius 2 is 1.90 bits per heavy atom. The molecule has 0 aliphatic heterocycles. The van der Waals surface area contributed by atoms with Crippen LogP contribution >= 0.6 is 0 Å². The van der Waals surface area contributed by atoms with E-state index in [-0.39, 0.29) is 12.3 Å². The van der Waals surface area contributed by atoms with Gasteiger partial charge in [-0.25, -0.2) is 0 Å². The molecule has 0 radical (unpaired) electrons. The average Bonchev–Trinajstić information content (AvgIpc) is 2.44. The highest BCUT2D eigenvalue weighted by atomic mass is 16.5. The lowest BCUT2D eigenvalue weighted by Crippen LogP contribution is -2.45. The van der Waals surface area contributed by atoms with Crippen LogP contribution < -0.4 is 19.9 Å². The number of nitrogens with two attached hydrogens (primary N) is 1. The largest absolute Gasteiger partial charge is 0.497 e. The standard InChI is InChI=1S/C15H23NO5/c1-9(8-15(2,16)14(17)18)11-6-10(19-3)7-12(20-4)13(11)21-5/h6-7,9H,8,16H2,1-5H3,(H,17,18). The molecule has 0 amide bonds. The van der Waals surface area contributed by atoms with Crippen LogP contribution in [-0.2, 0) is 4.79 Å². The maximum atomic E-state index is 11.2. The lowest BCUT2D eigenvalue weighted by atomic mass is 9.86. The average molecular weight is 297 g/mol. The smallest absolute Gasteiger partial charge is 0.323 e. The van der Waals surface area contributed by atoms with Crippen molar-refractivity contribution in [2.24, 2.45) is 5.73 Å². The van der Waals surface area contributed by atoms with Gasteiger partial charge in [-0.3, -0.25) is 4.79 Å². The van der Waals surface area contributed by atoms with Crippen molar-refractivity contribution >= 4 is 5.97 Å². The van der Waals surface area contributed by atoms with Gasteiger partial charge in [-0.2, -0.15) is 0 Å². The SMILES string of the molecule is COc1cc(OC)c(OC)c(C(C)CC(C)(N)C(=O)O)c1. The Morgan fingerprint density at radius 3 is 2.33 bits per heavy atom. The molecule has 0 saturated carbocycles. The van der Waals surface area contributed by atoms with Gasteiger partial charge in [0.25, 0.3) is 0 Å². The third kappa shape index (κ3) is 3.78. The van der Waals surface area contributed by atoms with Crippen LogP contribution in [0, 0.1) is 0 Å². The Bertz CT molecular complexity index is 513. The molecule has 21 heavy (non-hydrogen) atoms. The summed E-state index contributed by atoms with van der Waals surface area (Å²) in [6.07, 6.45) is 0.259. The third-order valence-corrected chi connectivity index (χ3v) is 3.47. The van der Waals surface area contributed by atoms with E-state index in [9.17, 15) is 4.79 Å². The summed E-state index contributed by atoms with van der Waals surface area (Å²) >= 11 is 0. The maximum absolute atomic E-state index is 11.2. The van der Waals surface area contributed by atoms with Gasteiger partial charge in [0.1, 0.15) is 11.3 Å². The van der Waals surface area contributed by atoms with Crippen LogP contribution in [0.3, 0.4) is 0 Å². The number of methoxy groups -OCH3 is 3. The number of ether oxygens (including phenoxy) is 3. The number of hydrogen-bond donors (Lipinski definition) is 2. The molecule has 6 nitrogen and oxygen atoms in total. The van der Waals surface area contributed by atoms with Gasteiger partial charge in [-0.05, 0) is 25.3 Å². The van der Waals surface area contributed by atoms with E-state index < -0.39 is 11.5 Å². The number of carboxylic acids is 1. The minimum Gasteiger partial charge on any atom is -0.497 e. The van der Waals surface area contributed by atoms with Crippen molar-refractivity contribution in [2.45, 2.75) is 31.7 Å². The summed E-state index contributed by atoms with van der Waals surface area (Å²) in [5.41, 5.74) is 5.31. The molecular formula is C15H23NO5. The lowest BCUT2D eigenvalue weighted by Gasteiger charge is -2.25. The molecule has 2 atom stereocenters. The highest BCUT2D eigenvalue weighted by molar-refractivity contribution is 5.78. The fourth-order valence-corrected chi connectivity index (χ4v) is 2.28. The Kier molecular flexibility index (Phi) is 5.43. The summed E-state index contributed by atoms with van der Waals surface area (Å²) in [4.78, 5) is 11.2. The number of benzene rings is 1. The maximum Gasteiger partial charge on any atom is 0.323 e. The van der Waals surface area contributed by atoms with E-state index in [0.717, 1.165) is 5.56 Å². The molecule has 1 rings (SSSR count). The van der Waals surface area contributed by atoms with Crippen LogP contribution in [0.25, 0.3) is 0 Å². The van der Waals surface area contributed by atoms with Crippen molar-refractivity contribution in [3.8, 4) is 17.2 Å². The van der Waals surface area contributed by atoms with E-state index in [1.165, 1.54) is 14.0 Å². The van der Waals surface area contributed by atoms with Gasteiger partial charge in [0.15, 0.2) is 11.5 Å². The quantitative estimate of drug-likeness (QED) is 0.800. The summed E-state index contributed by atoms with van der Waals surface area (Å²) in [6.45, 7) is 3.39. The van der Waals surface area contributed by atoms with E-state index >= 15 is 0 Å². The minimum absolute atomic E-state index is 0.143. The van der Waals surface area contributed by atoms with Crippen LogP contribution in [-0.4, -0.2) is 37.9 Å². The Balaban J connectivity index is 3.24. The first-order chi connectivity index (χ1) is 9.76. The number of rotatable bonds is 7. The van der Waals surface area contributed by atoms with Crippen LogP contribution in [0.15, 0.2) is 12.1 Å². The highest BCUT2D eigenvalue weighted by Crippen LogP contribution is 2.41. The second kappa shape index (κ2) is 6.67. The molecule has 3 N–H and O–H groups in total. The zero-order chi connectivity index (χ0) is 16.2. The molecule has 0 heterocycles. The van der Waals surface area contributed by atoms with Crippen molar-refractivity contribution < 1.29 is 24.1 Å². The van der Waals surface area contributed by atoms with E-state index in [0.29, 0.717) is 17.2 Å². The first kappa shape index (κ1) is 17.1. The van der Waals surface area contributed by atoms with Crippen molar-refractivity contribution in [3.63, 3.8) is 0 Å². The summed E-state index contributed by atoms with van der Waals surface area (Å²) in [5, 5.41) is 9.16. The van der Waals surface area contributed by atoms with Gasteiger partial charge in [0, 0.05) is 11.6 Å². The normalized spacial score (nSPS) is 15.0. The highest BCUT2D eigenvalue weighted by Gasteiger charge is 2.32. The Labute approximate surface area is 124 Å². The second-order valence-electron chi connectivity index (χ2n) is 5.28. The van der Waals surface area contributed by atoms with Crippen LogP contribution in [0.4, 0.5) is 0 Å². The van der Waals surface area contributed by atoms with Crippen LogP contribution in [0.5, 0.6) is 17.2 Å². The zero-order valence-corrected chi connectivity index (χ0v) is 13.1. The second-order valence-corrected chi connectivity index (χ2v) is 5.28. The van der Waals surface area contributed by atoms with Gasteiger partial charge in [0.2, 0.25) is 0 Å². The molecule has 1 aromatic carbocycles. The van der Waals surface area contributed by atoms with Crippen molar-refractivity contribution in [1.82, 2.24) is 0 Å². The zero-order valence-electron chi connectivity index (χ0n) is 13.1. The fourth-order valence-electron chi connectivity index (χ4n) is 2.28. The van der Waals surface area contributed by atoms with Crippen molar-refractivity contribution in [1.29, 1.82) is 0 Å². The molecule has 0 fully saturated rings. The summed E-state index contributed by atoms with van der Waals surface area (Å²) in [7, 11) is 4.63. The van der Waals surface area contributed by atoms with Crippen LogP contribution in [0.2, 0.25) is 0 Å². The van der Waals surface area contributed by atoms with Gasteiger partial charge in [-0.1, -0.05) is 6.92 Å². The molecule has 0 spiro atoms. The number of aliphatic carboxylic acids is 1. The predicted octanol–water partition coefficient (Wildman–Crippen LogP) is 2.01. The molecule has 0 aromatic heterocycles. The fraction of sp³-hybridized carbons (Fsp3) is 0.533. The van der Waals surface area contributed by atoms with Crippen molar-refractivity contribution in [2.75, 3.05) is 21.3 Å². The molecule has 0 aliphatic rings. The number of carboxylic acid groups (broad SMARTS) is 1. The van der Waals surface area contributed by atoms with Gasteiger partial charge >= 0.3 is 5.97 Å². The molecule has 0 aliphatic carbocycles. The number of carbonyl (C=O) groups is 1. The topological polar surface area (TPSA) is 91.0 Å². The van der Waals surface area contributed by atoms with Gasteiger partial charge in [-0.15, -0.1) is 0 Å². The molecule has 1 aromatic rings. The monoisotopic (exact) mass is 297 g/mol. The Hall–Kier alpha value is -1.95. The first-order valence-corrected chi connectivity index (χ1v) is 6.59. The van der Waals surface area contributed by atoms with E-state index in [4.69, 9.17) is 25.1 Å². The van der Waals surface area contributed by atoms with E-state index in [1.807, 2.05) is 13.0 Å². The summed E-state index contributed by atoms with van der Waals surface area (Å²) in [5.74, 6) is 0.529. The van der Waals surface area contributed by atoms with Gasteiger partial charge < -0.3 is 25.1 Å². The summed E-state index contributed by atoms with van der Waals surface area (Å²) in [6, 6.07) is 3.53. The van der Waals surface area contributed by atoms with E-state index in [1.54, 1.807) is 20.3 Å². The molecule has 2 unspecified atom stereocenters. The van der Waals surface area contributed by atoms with Crippen molar-refractivity contribution in [3.05, 3.63) is 17.7 Å².